The molecule has 0 spiro atoms. The smallest absolute Gasteiger partial charge is 0.356 e. The van der Waals surface area contributed by atoms with Gasteiger partial charge in [-0.25, -0.2) is 14.8 Å². The lowest BCUT2D eigenvalue weighted by molar-refractivity contribution is 0.0690. The summed E-state index contributed by atoms with van der Waals surface area (Å²) in [6.45, 7) is 0.821. The summed E-state index contributed by atoms with van der Waals surface area (Å²) in [5.41, 5.74) is -0.0367. The molecule has 0 unspecified atom stereocenters. The minimum atomic E-state index is -1.06. The van der Waals surface area contributed by atoms with Crippen LogP contribution < -0.4 is 4.90 Å². The summed E-state index contributed by atoms with van der Waals surface area (Å²) in [6, 6.07) is 4.12. The van der Waals surface area contributed by atoms with E-state index in [0.717, 1.165) is 13.0 Å². The van der Waals surface area contributed by atoms with E-state index in [2.05, 4.69) is 21.4 Å². The third-order valence-corrected chi connectivity index (χ3v) is 3.46. The number of carbonyl (C=O) groups is 1. The molecule has 6 heteroatoms. The number of anilines is 1. The third-order valence-electron chi connectivity index (χ3n) is 2.52. The van der Waals surface area contributed by atoms with Gasteiger partial charge in [0.15, 0.2) is 5.69 Å². The van der Waals surface area contributed by atoms with Gasteiger partial charge in [0.2, 0.25) is 0 Å². The van der Waals surface area contributed by atoms with E-state index in [9.17, 15) is 4.79 Å². The summed E-state index contributed by atoms with van der Waals surface area (Å²) in [5.74, 6) is -0.383. The summed E-state index contributed by atoms with van der Waals surface area (Å²) in [7, 11) is 1.91. The van der Waals surface area contributed by atoms with Gasteiger partial charge in [-0.2, -0.15) is 0 Å². The molecule has 0 amide bonds. The minimum Gasteiger partial charge on any atom is -0.476 e. The maximum absolute atomic E-state index is 10.6. The van der Waals surface area contributed by atoms with E-state index < -0.39 is 5.97 Å². The molecular formula is C12H13N3O2S. The number of aromatic nitrogens is 2. The fourth-order valence-electron chi connectivity index (χ4n) is 1.48. The van der Waals surface area contributed by atoms with E-state index in [1.807, 2.05) is 18.0 Å². The van der Waals surface area contributed by atoms with E-state index in [1.54, 1.807) is 11.3 Å². The monoisotopic (exact) mass is 263 g/mol. The second kappa shape index (κ2) is 5.59. The van der Waals surface area contributed by atoms with Crippen LogP contribution in [0.1, 0.15) is 15.4 Å². The molecule has 1 N–H and O–H groups in total. The molecule has 0 atom stereocenters. The van der Waals surface area contributed by atoms with E-state index in [0.29, 0.717) is 5.82 Å². The Kier molecular flexibility index (Phi) is 3.88. The number of likely N-dealkylation sites (N-methyl/N-ethyl adjacent to an activating group) is 1. The summed E-state index contributed by atoms with van der Waals surface area (Å²) in [6.07, 6.45) is 3.70. The first-order chi connectivity index (χ1) is 8.66. The summed E-state index contributed by atoms with van der Waals surface area (Å²) < 4.78 is 0. The number of carboxylic acid groups (broad SMARTS) is 1. The van der Waals surface area contributed by atoms with Crippen LogP contribution in [0.25, 0.3) is 0 Å². The largest absolute Gasteiger partial charge is 0.476 e. The zero-order chi connectivity index (χ0) is 13.0. The standard InChI is InChI=1S/C12H13N3O2S/c1-15(5-4-9-3-2-6-18-9)11-8-13-10(7-14-11)12(16)17/h2-3,6-8H,4-5H2,1H3,(H,16,17). The van der Waals surface area contributed by atoms with Crippen molar-refractivity contribution in [2.75, 3.05) is 18.5 Å². The number of rotatable bonds is 5. The van der Waals surface area contributed by atoms with Crippen molar-refractivity contribution in [2.45, 2.75) is 6.42 Å². The van der Waals surface area contributed by atoms with Crippen molar-refractivity contribution < 1.29 is 9.90 Å². The molecule has 0 saturated carbocycles. The Balaban J connectivity index is 1.96. The number of hydrogen-bond acceptors (Lipinski definition) is 5. The Morgan fingerprint density at radius 3 is 2.83 bits per heavy atom. The number of carboxylic acids is 1. The molecule has 0 aliphatic carbocycles. The van der Waals surface area contributed by atoms with Gasteiger partial charge >= 0.3 is 5.97 Å². The van der Waals surface area contributed by atoms with Crippen LogP contribution in [0, 0.1) is 0 Å². The maximum Gasteiger partial charge on any atom is 0.356 e. The lowest BCUT2D eigenvalue weighted by atomic mass is 10.3. The van der Waals surface area contributed by atoms with Gasteiger partial charge in [-0.15, -0.1) is 11.3 Å². The minimum absolute atomic E-state index is 0.0367. The molecular weight excluding hydrogens is 250 g/mol. The summed E-state index contributed by atoms with van der Waals surface area (Å²) in [5, 5.41) is 10.8. The second-order valence-corrected chi connectivity index (χ2v) is 4.85. The van der Waals surface area contributed by atoms with Crippen molar-refractivity contribution in [3.63, 3.8) is 0 Å². The van der Waals surface area contributed by atoms with E-state index in [-0.39, 0.29) is 5.69 Å². The Labute approximate surface area is 109 Å². The van der Waals surface area contributed by atoms with Crippen molar-refractivity contribution in [1.82, 2.24) is 9.97 Å². The molecule has 0 fully saturated rings. The molecule has 0 radical (unpaired) electrons. The fraction of sp³-hybridized carbons (Fsp3) is 0.250. The van der Waals surface area contributed by atoms with Crippen LogP contribution in [0.5, 0.6) is 0 Å². The maximum atomic E-state index is 10.6. The van der Waals surface area contributed by atoms with Gasteiger partial charge in [0, 0.05) is 18.5 Å². The van der Waals surface area contributed by atoms with Crippen molar-refractivity contribution in [3.05, 3.63) is 40.5 Å². The van der Waals surface area contributed by atoms with Gasteiger partial charge in [0.25, 0.3) is 0 Å². The van der Waals surface area contributed by atoms with Crippen molar-refractivity contribution in [2.24, 2.45) is 0 Å². The second-order valence-electron chi connectivity index (χ2n) is 3.82. The van der Waals surface area contributed by atoms with E-state index >= 15 is 0 Å². The third kappa shape index (κ3) is 3.04. The Morgan fingerprint density at radius 2 is 2.28 bits per heavy atom. The quantitative estimate of drug-likeness (QED) is 0.892. The van der Waals surface area contributed by atoms with Gasteiger partial charge in [-0.3, -0.25) is 0 Å². The Bertz CT molecular complexity index is 511. The molecule has 0 saturated heterocycles. The van der Waals surface area contributed by atoms with Gasteiger partial charge in [0.05, 0.1) is 12.4 Å². The zero-order valence-corrected chi connectivity index (χ0v) is 10.7. The van der Waals surface area contributed by atoms with Crippen molar-refractivity contribution in [3.8, 4) is 0 Å². The summed E-state index contributed by atoms with van der Waals surface area (Å²) >= 11 is 1.73. The van der Waals surface area contributed by atoms with Crippen LogP contribution in [0.3, 0.4) is 0 Å². The topological polar surface area (TPSA) is 66.3 Å². The highest BCUT2D eigenvalue weighted by molar-refractivity contribution is 7.09. The van der Waals surface area contributed by atoms with Crippen LogP contribution in [0.4, 0.5) is 5.82 Å². The van der Waals surface area contributed by atoms with Crippen LogP contribution in [-0.2, 0) is 6.42 Å². The van der Waals surface area contributed by atoms with Gasteiger partial charge in [-0.1, -0.05) is 6.07 Å². The molecule has 0 aliphatic rings. The average molecular weight is 263 g/mol. The number of nitrogens with zero attached hydrogens (tertiary/aromatic N) is 3. The number of hydrogen-bond donors (Lipinski definition) is 1. The van der Waals surface area contributed by atoms with Crippen LogP contribution >= 0.6 is 11.3 Å². The number of thiophene rings is 1. The van der Waals surface area contributed by atoms with Crippen LogP contribution in [0.15, 0.2) is 29.9 Å². The lowest BCUT2D eigenvalue weighted by Gasteiger charge is -2.16. The molecule has 18 heavy (non-hydrogen) atoms. The molecule has 2 rings (SSSR count). The normalized spacial score (nSPS) is 10.3. The van der Waals surface area contributed by atoms with Gasteiger partial charge in [-0.05, 0) is 17.9 Å². The van der Waals surface area contributed by atoms with E-state index in [1.165, 1.54) is 17.3 Å². The predicted octanol–water partition coefficient (Wildman–Crippen LogP) is 1.92. The highest BCUT2D eigenvalue weighted by Crippen LogP contribution is 2.12. The molecule has 0 bridgehead atoms. The Morgan fingerprint density at radius 1 is 1.44 bits per heavy atom. The molecule has 0 aliphatic heterocycles. The molecule has 0 aromatic carbocycles. The SMILES string of the molecule is CN(CCc1cccs1)c1cnc(C(=O)O)cn1. The summed E-state index contributed by atoms with van der Waals surface area (Å²) in [4.78, 5) is 21.9. The Hall–Kier alpha value is -1.95. The highest BCUT2D eigenvalue weighted by atomic mass is 32.1. The molecule has 2 aromatic heterocycles. The average Bonchev–Trinajstić information content (AvgIpc) is 2.89. The molecule has 94 valence electrons. The van der Waals surface area contributed by atoms with Crippen LogP contribution in [-0.4, -0.2) is 34.6 Å². The van der Waals surface area contributed by atoms with Crippen LogP contribution in [0.2, 0.25) is 0 Å². The first-order valence-corrected chi connectivity index (χ1v) is 6.33. The van der Waals surface area contributed by atoms with E-state index in [4.69, 9.17) is 5.11 Å². The highest BCUT2D eigenvalue weighted by Gasteiger charge is 2.07. The number of aromatic carboxylic acids is 1. The zero-order valence-electron chi connectivity index (χ0n) is 9.91. The van der Waals surface area contributed by atoms with Gasteiger partial charge < -0.3 is 10.0 Å². The first kappa shape index (κ1) is 12.5. The predicted molar refractivity (Wildman–Crippen MR) is 70.3 cm³/mol. The molecule has 5 nitrogen and oxygen atoms in total. The lowest BCUT2D eigenvalue weighted by Crippen LogP contribution is -2.21. The van der Waals surface area contributed by atoms with Crippen molar-refractivity contribution >= 4 is 23.1 Å². The van der Waals surface area contributed by atoms with Gasteiger partial charge in [0.1, 0.15) is 5.82 Å². The molecule has 2 heterocycles. The first-order valence-electron chi connectivity index (χ1n) is 5.45. The fourth-order valence-corrected chi connectivity index (χ4v) is 2.17. The van der Waals surface area contributed by atoms with Crippen molar-refractivity contribution in [1.29, 1.82) is 0 Å². The molecule has 2 aromatic rings.